The van der Waals surface area contributed by atoms with Crippen LogP contribution in [-0.4, -0.2) is 37.1 Å². The molecule has 2 rings (SSSR count). The number of hydrogen-bond donors (Lipinski definition) is 1. The fourth-order valence-corrected chi connectivity index (χ4v) is 2.73. The number of nitrogens with two attached hydrogens (primary N) is 1. The maximum absolute atomic E-state index is 13.9. The molecule has 0 spiro atoms. The first-order valence-electron chi connectivity index (χ1n) is 7.03. The Hall–Kier alpha value is -1.13. The second-order valence-electron chi connectivity index (χ2n) is 5.58. The van der Waals surface area contributed by atoms with E-state index in [0.717, 1.165) is 31.9 Å². The SMILES string of the molecule is CC(N)c1c(F)cccc1N1CCN(C(C)C)CC1. The summed E-state index contributed by atoms with van der Waals surface area (Å²) in [6, 6.07) is 5.53. The van der Waals surface area contributed by atoms with E-state index in [2.05, 4.69) is 23.6 Å². The number of halogens is 1. The standard InChI is InChI=1S/C15H24FN3/c1-11(2)18-7-9-19(10-8-18)14-6-4-5-13(16)15(14)12(3)17/h4-6,11-12H,7-10,17H2,1-3H3. The molecule has 1 atom stereocenters. The van der Waals surface area contributed by atoms with Crippen molar-refractivity contribution >= 4 is 5.69 Å². The Balaban J connectivity index is 2.18. The van der Waals surface area contributed by atoms with Crippen molar-refractivity contribution in [1.29, 1.82) is 0 Å². The molecule has 1 aromatic rings. The number of anilines is 1. The molecule has 0 amide bonds. The first kappa shape index (κ1) is 14.3. The molecule has 0 aromatic heterocycles. The Morgan fingerprint density at radius 1 is 1.11 bits per heavy atom. The van der Waals surface area contributed by atoms with Crippen molar-refractivity contribution in [3.05, 3.63) is 29.6 Å². The summed E-state index contributed by atoms with van der Waals surface area (Å²) in [6.07, 6.45) is 0. The van der Waals surface area contributed by atoms with Crippen molar-refractivity contribution < 1.29 is 4.39 Å². The molecule has 3 nitrogen and oxygen atoms in total. The molecule has 1 aliphatic heterocycles. The van der Waals surface area contributed by atoms with Crippen LogP contribution in [-0.2, 0) is 0 Å². The number of rotatable bonds is 3. The van der Waals surface area contributed by atoms with Crippen molar-refractivity contribution in [2.75, 3.05) is 31.1 Å². The van der Waals surface area contributed by atoms with Crippen LogP contribution in [0.25, 0.3) is 0 Å². The van der Waals surface area contributed by atoms with E-state index >= 15 is 0 Å². The Morgan fingerprint density at radius 2 is 1.74 bits per heavy atom. The summed E-state index contributed by atoms with van der Waals surface area (Å²) < 4.78 is 13.9. The van der Waals surface area contributed by atoms with E-state index < -0.39 is 0 Å². The molecule has 0 radical (unpaired) electrons. The molecule has 0 saturated carbocycles. The highest BCUT2D eigenvalue weighted by Gasteiger charge is 2.22. The number of nitrogens with zero attached hydrogens (tertiary/aromatic N) is 2. The van der Waals surface area contributed by atoms with E-state index in [4.69, 9.17) is 5.73 Å². The van der Waals surface area contributed by atoms with Gasteiger partial charge in [-0.05, 0) is 32.9 Å². The van der Waals surface area contributed by atoms with Gasteiger partial charge in [0.1, 0.15) is 5.82 Å². The average Bonchev–Trinajstić information content (AvgIpc) is 2.38. The molecule has 1 aromatic carbocycles. The average molecular weight is 265 g/mol. The molecule has 1 heterocycles. The third-order valence-electron chi connectivity index (χ3n) is 3.87. The summed E-state index contributed by atoms with van der Waals surface area (Å²) in [4.78, 5) is 4.70. The summed E-state index contributed by atoms with van der Waals surface area (Å²) in [5.74, 6) is -0.196. The molecular weight excluding hydrogens is 241 g/mol. The molecule has 0 aliphatic carbocycles. The third-order valence-corrected chi connectivity index (χ3v) is 3.87. The minimum absolute atomic E-state index is 0.196. The number of piperazine rings is 1. The summed E-state index contributed by atoms with van der Waals surface area (Å²) in [7, 11) is 0. The summed E-state index contributed by atoms with van der Waals surface area (Å²) in [6.45, 7) is 10.2. The van der Waals surface area contributed by atoms with Crippen LogP contribution < -0.4 is 10.6 Å². The Bertz CT molecular complexity index is 423. The highest BCUT2D eigenvalue weighted by atomic mass is 19.1. The van der Waals surface area contributed by atoms with E-state index in [0.29, 0.717) is 11.6 Å². The second kappa shape index (κ2) is 5.88. The molecule has 106 valence electrons. The van der Waals surface area contributed by atoms with Gasteiger partial charge in [-0.2, -0.15) is 0 Å². The van der Waals surface area contributed by atoms with Crippen LogP contribution in [0.15, 0.2) is 18.2 Å². The first-order chi connectivity index (χ1) is 9.00. The van der Waals surface area contributed by atoms with Crippen LogP contribution in [0.5, 0.6) is 0 Å². The lowest BCUT2D eigenvalue weighted by Crippen LogP contribution is -2.49. The van der Waals surface area contributed by atoms with E-state index in [-0.39, 0.29) is 11.9 Å². The van der Waals surface area contributed by atoms with E-state index in [1.165, 1.54) is 6.07 Å². The first-order valence-corrected chi connectivity index (χ1v) is 7.03. The van der Waals surface area contributed by atoms with Crippen molar-refractivity contribution in [2.45, 2.75) is 32.9 Å². The molecular formula is C15H24FN3. The van der Waals surface area contributed by atoms with Crippen LogP contribution in [0.3, 0.4) is 0 Å². The van der Waals surface area contributed by atoms with Gasteiger partial charge in [0.15, 0.2) is 0 Å². The summed E-state index contributed by atoms with van der Waals surface area (Å²) in [5.41, 5.74) is 7.52. The van der Waals surface area contributed by atoms with E-state index in [1.807, 2.05) is 13.0 Å². The van der Waals surface area contributed by atoms with Gasteiger partial charge in [0.2, 0.25) is 0 Å². The maximum atomic E-state index is 13.9. The molecule has 4 heteroatoms. The minimum Gasteiger partial charge on any atom is -0.369 e. The minimum atomic E-state index is -0.278. The zero-order valence-electron chi connectivity index (χ0n) is 12.1. The summed E-state index contributed by atoms with van der Waals surface area (Å²) >= 11 is 0. The zero-order chi connectivity index (χ0) is 14.0. The third kappa shape index (κ3) is 3.07. The quantitative estimate of drug-likeness (QED) is 0.910. The van der Waals surface area contributed by atoms with Crippen molar-refractivity contribution in [1.82, 2.24) is 4.90 Å². The van der Waals surface area contributed by atoms with Gasteiger partial charge < -0.3 is 10.6 Å². The van der Waals surface area contributed by atoms with Crippen LogP contribution in [0.1, 0.15) is 32.4 Å². The van der Waals surface area contributed by atoms with Crippen molar-refractivity contribution in [3.63, 3.8) is 0 Å². The lowest BCUT2D eigenvalue weighted by Gasteiger charge is -2.39. The van der Waals surface area contributed by atoms with Gasteiger partial charge in [0.25, 0.3) is 0 Å². The maximum Gasteiger partial charge on any atom is 0.130 e. The highest BCUT2D eigenvalue weighted by Crippen LogP contribution is 2.28. The van der Waals surface area contributed by atoms with Crippen LogP contribution >= 0.6 is 0 Å². The molecule has 0 bridgehead atoms. The Labute approximate surface area is 115 Å². The number of hydrogen-bond acceptors (Lipinski definition) is 3. The molecule has 19 heavy (non-hydrogen) atoms. The van der Waals surface area contributed by atoms with Gasteiger partial charge in [0, 0.05) is 49.5 Å². The van der Waals surface area contributed by atoms with E-state index in [1.54, 1.807) is 6.07 Å². The zero-order valence-corrected chi connectivity index (χ0v) is 12.1. The lowest BCUT2D eigenvalue weighted by atomic mass is 10.0. The monoisotopic (exact) mass is 265 g/mol. The highest BCUT2D eigenvalue weighted by molar-refractivity contribution is 5.55. The van der Waals surface area contributed by atoms with Crippen LogP contribution in [0, 0.1) is 5.82 Å². The fourth-order valence-electron chi connectivity index (χ4n) is 2.73. The lowest BCUT2D eigenvalue weighted by molar-refractivity contribution is 0.209. The number of benzene rings is 1. The summed E-state index contributed by atoms with van der Waals surface area (Å²) in [5, 5.41) is 0. The largest absolute Gasteiger partial charge is 0.369 e. The van der Waals surface area contributed by atoms with Gasteiger partial charge in [-0.15, -0.1) is 0 Å². The molecule has 1 unspecified atom stereocenters. The fraction of sp³-hybridized carbons (Fsp3) is 0.600. The van der Waals surface area contributed by atoms with Crippen molar-refractivity contribution in [3.8, 4) is 0 Å². The Morgan fingerprint density at radius 3 is 2.26 bits per heavy atom. The van der Waals surface area contributed by atoms with Crippen molar-refractivity contribution in [2.24, 2.45) is 5.73 Å². The molecule has 1 saturated heterocycles. The van der Waals surface area contributed by atoms with Crippen LogP contribution in [0.2, 0.25) is 0 Å². The predicted molar refractivity (Wildman–Crippen MR) is 77.9 cm³/mol. The second-order valence-corrected chi connectivity index (χ2v) is 5.58. The van der Waals surface area contributed by atoms with Gasteiger partial charge >= 0.3 is 0 Å². The molecule has 1 aliphatic rings. The smallest absolute Gasteiger partial charge is 0.130 e. The van der Waals surface area contributed by atoms with Gasteiger partial charge in [-0.1, -0.05) is 6.07 Å². The van der Waals surface area contributed by atoms with Gasteiger partial charge in [-0.25, -0.2) is 4.39 Å². The molecule has 1 fully saturated rings. The van der Waals surface area contributed by atoms with Gasteiger partial charge in [0.05, 0.1) is 0 Å². The van der Waals surface area contributed by atoms with E-state index in [9.17, 15) is 4.39 Å². The topological polar surface area (TPSA) is 32.5 Å². The molecule has 2 N–H and O–H groups in total. The normalized spacial score (nSPS) is 18.9. The van der Waals surface area contributed by atoms with Crippen LogP contribution in [0.4, 0.5) is 10.1 Å². The Kier molecular flexibility index (Phi) is 4.42. The predicted octanol–water partition coefficient (Wildman–Crippen LogP) is 2.38. The van der Waals surface area contributed by atoms with Gasteiger partial charge in [-0.3, -0.25) is 4.90 Å².